The summed E-state index contributed by atoms with van der Waals surface area (Å²) in [6, 6.07) is 5.16. The van der Waals surface area contributed by atoms with Crippen LogP contribution < -0.4 is 0 Å². The maximum atomic E-state index is 12.6. The largest absolute Gasteiger partial charge is 0.508 e. The van der Waals surface area contributed by atoms with Crippen LogP contribution in [0, 0.1) is 6.92 Å². The number of likely N-dealkylation sites (tertiary alicyclic amines) is 1. The van der Waals surface area contributed by atoms with Gasteiger partial charge < -0.3 is 15.1 Å². The molecule has 1 aliphatic rings. The summed E-state index contributed by atoms with van der Waals surface area (Å²) in [5.74, 6) is 0.119. The fraction of sp³-hybridized carbons (Fsp3) is 0.533. The van der Waals surface area contributed by atoms with Gasteiger partial charge in [0.2, 0.25) is 0 Å². The number of aromatic hydroxyl groups is 1. The molecule has 1 amide bonds. The fourth-order valence-corrected chi connectivity index (χ4v) is 2.73. The van der Waals surface area contributed by atoms with Crippen LogP contribution in [0.4, 0.5) is 0 Å². The lowest BCUT2D eigenvalue weighted by Gasteiger charge is -2.36. The molecule has 104 valence electrons. The van der Waals surface area contributed by atoms with Gasteiger partial charge in [0.15, 0.2) is 0 Å². The van der Waals surface area contributed by atoms with Crippen molar-refractivity contribution in [2.24, 2.45) is 0 Å². The SMILES string of the molecule is Cc1c(O)cccc1C(=O)N1CCCCC1CCO. The summed E-state index contributed by atoms with van der Waals surface area (Å²) in [4.78, 5) is 14.4. The molecule has 4 nitrogen and oxygen atoms in total. The molecule has 1 heterocycles. The predicted octanol–water partition coefficient (Wildman–Crippen LogP) is 2.08. The minimum atomic E-state index is -0.0356. The van der Waals surface area contributed by atoms with E-state index in [-0.39, 0.29) is 24.3 Å². The average molecular weight is 263 g/mol. The highest BCUT2D eigenvalue weighted by Crippen LogP contribution is 2.25. The quantitative estimate of drug-likeness (QED) is 0.877. The molecular weight excluding hydrogens is 242 g/mol. The Morgan fingerprint density at radius 2 is 2.21 bits per heavy atom. The van der Waals surface area contributed by atoms with Gasteiger partial charge in [-0.2, -0.15) is 0 Å². The van der Waals surface area contributed by atoms with Crippen LogP contribution in [-0.2, 0) is 0 Å². The number of carbonyl (C=O) groups excluding carboxylic acids is 1. The Morgan fingerprint density at radius 1 is 1.42 bits per heavy atom. The molecule has 1 unspecified atom stereocenters. The Hall–Kier alpha value is -1.55. The van der Waals surface area contributed by atoms with E-state index < -0.39 is 0 Å². The Kier molecular flexibility index (Phi) is 4.43. The lowest BCUT2D eigenvalue weighted by Crippen LogP contribution is -2.44. The zero-order valence-corrected chi connectivity index (χ0v) is 11.3. The van der Waals surface area contributed by atoms with Crippen molar-refractivity contribution in [2.75, 3.05) is 13.2 Å². The van der Waals surface area contributed by atoms with E-state index in [1.807, 2.05) is 4.90 Å². The van der Waals surface area contributed by atoms with Crippen molar-refractivity contribution in [3.63, 3.8) is 0 Å². The molecule has 0 spiro atoms. The maximum Gasteiger partial charge on any atom is 0.254 e. The Bertz CT molecular complexity index is 457. The van der Waals surface area contributed by atoms with Gasteiger partial charge in [0.1, 0.15) is 5.75 Å². The van der Waals surface area contributed by atoms with Gasteiger partial charge in [-0.15, -0.1) is 0 Å². The number of piperidine rings is 1. The maximum absolute atomic E-state index is 12.6. The van der Waals surface area contributed by atoms with Crippen molar-refractivity contribution in [2.45, 2.75) is 38.6 Å². The molecule has 0 aromatic heterocycles. The van der Waals surface area contributed by atoms with Crippen molar-refractivity contribution in [3.8, 4) is 5.75 Å². The van der Waals surface area contributed by atoms with Gasteiger partial charge in [0.05, 0.1) is 0 Å². The summed E-state index contributed by atoms with van der Waals surface area (Å²) in [7, 11) is 0. The number of hydrogen-bond acceptors (Lipinski definition) is 3. The minimum absolute atomic E-state index is 0.0356. The molecule has 0 bridgehead atoms. The average Bonchev–Trinajstić information content (AvgIpc) is 2.42. The first-order chi connectivity index (χ1) is 9.15. The van der Waals surface area contributed by atoms with E-state index in [1.165, 1.54) is 0 Å². The van der Waals surface area contributed by atoms with Crippen LogP contribution in [0.25, 0.3) is 0 Å². The number of phenols is 1. The van der Waals surface area contributed by atoms with E-state index in [2.05, 4.69) is 0 Å². The number of rotatable bonds is 3. The summed E-state index contributed by atoms with van der Waals surface area (Å²) in [6.45, 7) is 2.60. The topological polar surface area (TPSA) is 60.8 Å². The number of nitrogens with zero attached hydrogens (tertiary/aromatic N) is 1. The van der Waals surface area contributed by atoms with Crippen LogP contribution in [0.3, 0.4) is 0 Å². The first-order valence-corrected chi connectivity index (χ1v) is 6.85. The minimum Gasteiger partial charge on any atom is -0.508 e. The van der Waals surface area contributed by atoms with Crippen LogP contribution in [0.2, 0.25) is 0 Å². The molecule has 1 aromatic carbocycles. The number of hydrogen-bond donors (Lipinski definition) is 2. The first-order valence-electron chi connectivity index (χ1n) is 6.85. The van der Waals surface area contributed by atoms with Crippen molar-refractivity contribution >= 4 is 5.91 Å². The summed E-state index contributed by atoms with van der Waals surface area (Å²) in [6.07, 6.45) is 3.69. The Balaban J connectivity index is 2.23. The van der Waals surface area contributed by atoms with Gasteiger partial charge in [0.25, 0.3) is 5.91 Å². The number of carbonyl (C=O) groups is 1. The molecule has 1 saturated heterocycles. The summed E-state index contributed by atoms with van der Waals surface area (Å²) in [5.41, 5.74) is 1.19. The molecule has 1 atom stereocenters. The third-order valence-electron chi connectivity index (χ3n) is 3.89. The summed E-state index contributed by atoms with van der Waals surface area (Å²) < 4.78 is 0. The summed E-state index contributed by atoms with van der Waals surface area (Å²) >= 11 is 0. The second-order valence-electron chi connectivity index (χ2n) is 5.11. The lowest BCUT2D eigenvalue weighted by atomic mass is 9.97. The van der Waals surface area contributed by atoms with Crippen LogP contribution in [0.5, 0.6) is 5.75 Å². The molecule has 1 fully saturated rings. The van der Waals surface area contributed by atoms with E-state index in [0.717, 1.165) is 25.8 Å². The highest BCUT2D eigenvalue weighted by molar-refractivity contribution is 5.96. The monoisotopic (exact) mass is 263 g/mol. The first kappa shape index (κ1) is 13.9. The van der Waals surface area contributed by atoms with Gasteiger partial charge in [-0.05, 0) is 44.7 Å². The molecule has 1 aromatic rings. The Labute approximate surface area is 113 Å². The zero-order chi connectivity index (χ0) is 13.8. The molecule has 2 N–H and O–H groups in total. The van der Waals surface area contributed by atoms with Crippen LogP contribution in [-0.4, -0.2) is 40.2 Å². The molecule has 4 heteroatoms. The van der Waals surface area contributed by atoms with Crippen LogP contribution in [0.15, 0.2) is 18.2 Å². The Morgan fingerprint density at radius 3 is 2.95 bits per heavy atom. The van der Waals surface area contributed by atoms with E-state index >= 15 is 0 Å². The van der Waals surface area contributed by atoms with Crippen LogP contribution in [0.1, 0.15) is 41.6 Å². The molecule has 19 heavy (non-hydrogen) atoms. The second-order valence-corrected chi connectivity index (χ2v) is 5.11. The van der Waals surface area contributed by atoms with E-state index in [4.69, 9.17) is 5.11 Å². The number of aliphatic hydroxyl groups is 1. The number of phenolic OH excluding ortho intramolecular Hbond substituents is 1. The number of benzene rings is 1. The van der Waals surface area contributed by atoms with Gasteiger partial charge >= 0.3 is 0 Å². The third-order valence-corrected chi connectivity index (χ3v) is 3.89. The highest BCUT2D eigenvalue weighted by atomic mass is 16.3. The van der Waals surface area contributed by atoms with Gasteiger partial charge in [-0.1, -0.05) is 6.07 Å². The molecular formula is C15H21NO3. The third kappa shape index (κ3) is 2.89. The highest BCUT2D eigenvalue weighted by Gasteiger charge is 2.28. The molecule has 0 radical (unpaired) electrons. The number of aliphatic hydroxyl groups excluding tert-OH is 1. The van der Waals surface area contributed by atoms with Gasteiger partial charge in [-0.3, -0.25) is 4.79 Å². The fourth-order valence-electron chi connectivity index (χ4n) is 2.73. The van der Waals surface area contributed by atoms with E-state index in [1.54, 1.807) is 25.1 Å². The van der Waals surface area contributed by atoms with Gasteiger partial charge in [-0.25, -0.2) is 0 Å². The van der Waals surface area contributed by atoms with E-state index in [0.29, 0.717) is 17.5 Å². The van der Waals surface area contributed by atoms with Crippen molar-refractivity contribution in [1.82, 2.24) is 4.90 Å². The summed E-state index contributed by atoms with van der Waals surface area (Å²) in [5, 5.41) is 18.8. The predicted molar refractivity (Wildman–Crippen MR) is 73.2 cm³/mol. The normalized spacial score (nSPS) is 19.5. The standard InChI is InChI=1S/C15H21NO3/c1-11-13(6-4-7-14(11)18)15(19)16-9-3-2-5-12(16)8-10-17/h4,6-7,12,17-18H,2-3,5,8-10H2,1H3. The lowest BCUT2D eigenvalue weighted by molar-refractivity contribution is 0.0573. The van der Waals surface area contributed by atoms with Crippen molar-refractivity contribution in [3.05, 3.63) is 29.3 Å². The zero-order valence-electron chi connectivity index (χ0n) is 11.3. The molecule has 0 saturated carbocycles. The second kappa shape index (κ2) is 6.06. The smallest absolute Gasteiger partial charge is 0.254 e. The molecule has 2 rings (SSSR count). The van der Waals surface area contributed by atoms with Crippen molar-refractivity contribution < 1.29 is 15.0 Å². The van der Waals surface area contributed by atoms with E-state index in [9.17, 15) is 9.90 Å². The molecule has 0 aliphatic carbocycles. The van der Waals surface area contributed by atoms with Crippen molar-refractivity contribution in [1.29, 1.82) is 0 Å². The van der Waals surface area contributed by atoms with Crippen LogP contribution >= 0.6 is 0 Å². The van der Waals surface area contributed by atoms with Gasteiger partial charge in [0, 0.05) is 30.3 Å². The molecule has 1 aliphatic heterocycles. The number of amides is 1.